The molecule has 0 saturated carbocycles. The van der Waals surface area contributed by atoms with Gasteiger partial charge in [0.25, 0.3) is 5.91 Å². The van der Waals surface area contributed by atoms with E-state index in [2.05, 4.69) is 15.3 Å². The molecule has 1 aliphatic heterocycles. The summed E-state index contributed by atoms with van der Waals surface area (Å²) in [5, 5.41) is 14.1. The van der Waals surface area contributed by atoms with Crippen LogP contribution in [0.25, 0.3) is 0 Å². The Kier molecular flexibility index (Phi) is 5.81. The minimum atomic E-state index is -1.06. The van der Waals surface area contributed by atoms with Crippen LogP contribution in [0.5, 0.6) is 0 Å². The number of rotatable bonds is 5. The van der Waals surface area contributed by atoms with Crippen molar-refractivity contribution in [1.82, 2.24) is 20.2 Å². The Labute approximate surface area is 178 Å². The number of hydrogen-bond donors (Lipinski definition) is 3. The van der Waals surface area contributed by atoms with Gasteiger partial charge in [-0.25, -0.2) is 9.37 Å². The first kappa shape index (κ1) is 20.7. The zero-order valence-corrected chi connectivity index (χ0v) is 16.8. The number of β-amino-alcohol motifs (C(OH)–C–C–N with tert-alkyl or cyclic N) is 1. The van der Waals surface area contributed by atoms with E-state index in [1.54, 1.807) is 17.0 Å². The first-order valence-corrected chi connectivity index (χ1v) is 10.0. The number of aliphatic hydroxyl groups is 1. The highest BCUT2D eigenvalue weighted by atomic mass is 19.1. The van der Waals surface area contributed by atoms with E-state index in [1.165, 1.54) is 24.7 Å². The molecule has 31 heavy (non-hydrogen) atoms. The lowest BCUT2D eigenvalue weighted by Gasteiger charge is -2.46. The van der Waals surface area contributed by atoms with E-state index >= 15 is 0 Å². The zero-order valence-electron chi connectivity index (χ0n) is 16.8. The Bertz CT molecular complexity index is 1060. The number of aromatic amines is 1. The summed E-state index contributed by atoms with van der Waals surface area (Å²) in [4.78, 5) is 33.7. The number of nitrogens with zero attached hydrogens (tertiary/aromatic N) is 2. The second-order valence-electron chi connectivity index (χ2n) is 7.67. The summed E-state index contributed by atoms with van der Waals surface area (Å²) in [5.74, 6) is -0.986. The van der Waals surface area contributed by atoms with Crippen molar-refractivity contribution in [1.29, 1.82) is 0 Å². The molecule has 160 valence electrons. The first-order valence-electron chi connectivity index (χ1n) is 10.0. The number of amides is 2. The lowest BCUT2D eigenvalue weighted by atomic mass is 9.78. The molecule has 1 fully saturated rings. The van der Waals surface area contributed by atoms with Gasteiger partial charge in [0.1, 0.15) is 11.5 Å². The highest BCUT2D eigenvalue weighted by Gasteiger charge is 2.46. The van der Waals surface area contributed by atoms with E-state index in [0.29, 0.717) is 18.5 Å². The Morgan fingerprint density at radius 1 is 1.23 bits per heavy atom. The van der Waals surface area contributed by atoms with Crippen molar-refractivity contribution in [2.24, 2.45) is 0 Å². The minimum Gasteiger partial charge on any atom is -0.388 e. The third kappa shape index (κ3) is 4.34. The number of benzene rings is 2. The van der Waals surface area contributed by atoms with Crippen LogP contribution in [0.2, 0.25) is 0 Å². The molecule has 1 saturated heterocycles. The van der Waals surface area contributed by atoms with Crippen molar-refractivity contribution in [2.75, 3.05) is 13.1 Å². The number of aliphatic hydroxyl groups excluding tert-OH is 1. The molecule has 3 aromatic rings. The van der Waals surface area contributed by atoms with Crippen LogP contribution in [0, 0.1) is 5.82 Å². The number of imidazole rings is 1. The molecule has 7 nitrogen and oxygen atoms in total. The second kappa shape index (κ2) is 8.69. The van der Waals surface area contributed by atoms with Crippen LogP contribution in [0.15, 0.2) is 67.1 Å². The molecular weight excluding hydrogens is 399 g/mol. The lowest BCUT2D eigenvalue weighted by molar-refractivity contribution is -0.136. The van der Waals surface area contributed by atoms with E-state index in [-0.39, 0.29) is 30.5 Å². The van der Waals surface area contributed by atoms with Gasteiger partial charge in [-0.1, -0.05) is 42.5 Å². The maximum Gasteiger partial charge on any atom is 0.270 e. The van der Waals surface area contributed by atoms with Crippen LogP contribution in [0.3, 0.4) is 0 Å². The molecule has 2 heterocycles. The van der Waals surface area contributed by atoms with Gasteiger partial charge in [-0.2, -0.15) is 0 Å². The fraction of sp³-hybridized carbons (Fsp3) is 0.261. The van der Waals surface area contributed by atoms with Crippen molar-refractivity contribution in [3.8, 4) is 0 Å². The minimum absolute atomic E-state index is 0.0450. The molecule has 3 N–H and O–H groups in total. The number of aromatic nitrogens is 2. The summed E-state index contributed by atoms with van der Waals surface area (Å²) < 4.78 is 13.4. The molecule has 2 atom stereocenters. The van der Waals surface area contributed by atoms with Gasteiger partial charge in [-0.3, -0.25) is 9.59 Å². The fourth-order valence-electron chi connectivity index (χ4n) is 4.03. The van der Waals surface area contributed by atoms with Crippen LogP contribution in [-0.2, 0) is 16.8 Å². The molecule has 0 spiro atoms. The van der Waals surface area contributed by atoms with Crippen LogP contribution in [0.4, 0.5) is 4.39 Å². The van der Waals surface area contributed by atoms with Crippen LogP contribution < -0.4 is 5.32 Å². The predicted octanol–water partition coefficient (Wildman–Crippen LogP) is 2.01. The Hall–Kier alpha value is -3.52. The molecule has 1 aromatic heterocycles. The van der Waals surface area contributed by atoms with Crippen molar-refractivity contribution in [2.45, 2.75) is 24.5 Å². The van der Waals surface area contributed by atoms with Crippen molar-refractivity contribution < 1.29 is 19.1 Å². The SMILES string of the molecule is O=C(N[C@@]1(c2ccccc2)CCN(C(=O)Cc2cccc(F)c2)C[C@H]1O)c1cnc[nH]1. The maximum absolute atomic E-state index is 13.4. The van der Waals surface area contributed by atoms with Gasteiger partial charge in [-0.05, 0) is 29.7 Å². The number of piperidine rings is 1. The summed E-state index contributed by atoms with van der Waals surface area (Å²) in [6, 6.07) is 15.2. The molecule has 0 aliphatic carbocycles. The topological polar surface area (TPSA) is 98.3 Å². The summed E-state index contributed by atoms with van der Waals surface area (Å²) in [7, 11) is 0. The summed E-state index contributed by atoms with van der Waals surface area (Å²) in [5.41, 5.74) is 0.561. The van der Waals surface area contributed by atoms with Gasteiger partial charge in [0.05, 0.1) is 30.6 Å². The molecule has 0 unspecified atom stereocenters. The summed E-state index contributed by atoms with van der Waals surface area (Å²) >= 11 is 0. The van der Waals surface area contributed by atoms with Crippen LogP contribution in [-0.4, -0.2) is 51.0 Å². The van der Waals surface area contributed by atoms with Crippen molar-refractivity contribution in [3.63, 3.8) is 0 Å². The van der Waals surface area contributed by atoms with Crippen molar-refractivity contribution >= 4 is 11.8 Å². The second-order valence-corrected chi connectivity index (χ2v) is 7.67. The first-order chi connectivity index (χ1) is 15.0. The third-order valence-corrected chi connectivity index (χ3v) is 5.70. The third-order valence-electron chi connectivity index (χ3n) is 5.70. The largest absolute Gasteiger partial charge is 0.388 e. The number of carbonyl (C=O) groups excluding carboxylic acids is 2. The van der Waals surface area contributed by atoms with E-state index < -0.39 is 17.5 Å². The van der Waals surface area contributed by atoms with Gasteiger partial charge >= 0.3 is 0 Å². The number of carbonyl (C=O) groups is 2. The van der Waals surface area contributed by atoms with Gasteiger partial charge in [0.2, 0.25) is 5.91 Å². The summed E-state index contributed by atoms with van der Waals surface area (Å²) in [6.45, 7) is 0.385. The molecule has 0 radical (unpaired) electrons. The van der Waals surface area contributed by atoms with E-state index in [1.807, 2.05) is 30.3 Å². The number of hydrogen-bond acceptors (Lipinski definition) is 4. The van der Waals surface area contributed by atoms with E-state index in [0.717, 1.165) is 5.56 Å². The van der Waals surface area contributed by atoms with E-state index in [9.17, 15) is 19.1 Å². The van der Waals surface area contributed by atoms with Gasteiger partial charge < -0.3 is 20.3 Å². The predicted molar refractivity (Wildman–Crippen MR) is 111 cm³/mol. The Morgan fingerprint density at radius 3 is 2.71 bits per heavy atom. The Morgan fingerprint density at radius 2 is 2.03 bits per heavy atom. The lowest BCUT2D eigenvalue weighted by Crippen LogP contribution is -2.62. The molecule has 0 bridgehead atoms. The van der Waals surface area contributed by atoms with Gasteiger partial charge in [0.15, 0.2) is 0 Å². The average molecular weight is 422 g/mol. The number of H-pyrrole nitrogens is 1. The molecule has 8 heteroatoms. The molecule has 2 amide bonds. The molecular formula is C23H23FN4O3. The number of likely N-dealkylation sites (tertiary alicyclic amines) is 1. The normalized spacial score (nSPS) is 21.0. The standard InChI is InChI=1S/C23H23FN4O3/c24-18-8-4-5-16(11-18)12-21(30)28-10-9-23(20(29)14-28,17-6-2-1-3-7-17)27-22(31)19-13-25-15-26-19/h1-8,11,13,15,20,29H,9-10,12,14H2,(H,25,26)(H,27,31)/t20-,23-/m1/s1. The molecule has 4 rings (SSSR count). The number of halogens is 1. The van der Waals surface area contributed by atoms with Crippen LogP contribution >= 0.6 is 0 Å². The summed E-state index contributed by atoms with van der Waals surface area (Å²) in [6.07, 6.45) is 2.16. The average Bonchev–Trinajstić information content (AvgIpc) is 3.31. The fourth-order valence-corrected chi connectivity index (χ4v) is 4.03. The Balaban J connectivity index is 1.54. The van der Waals surface area contributed by atoms with Gasteiger partial charge in [0, 0.05) is 13.1 Å². The smallest absolute Gasteiger partial charge is 0.270 e. The van der Waals surface area contributed by atoms with Gasteiger partial charge in [-0.15, -0.1) is 0 Å². The monoisotopic (exact) mass is 422 g/mol. The van der Waals surface area contributed by atoms with Crippen molar-refractivity contribution in [3.05, 3.63) is 89.8 Å². The molecule has 1 aliphatic rings. The quantitative estimate of drug-likeness (QED) is 0.586. The number of nitrogens with one attached hydrogen (secondary N) is 2. The highest BCUT2D eigenvalue weighted by molar-refractivity contribution is 5.92. The maximum atomic E-state index is 13.4. The van der Waals surface area contributed by atoms with E-state index in [4.69, 9.17) is 0 Å². The zero-order chi connectivity index (χ0) is 21.8. The van der Waals surface area contributed by atoms with Crippen LogP contribution in [0.1, 0.15) is 28.0 Å². The molecule has 2 aromatic carbocycles. The highest BCUT2D eigenvalue weighted by Crippen LogP contribution is 2.34.